The molecule has 0 aromatic carbocycles. The second-order valence-corrected chi connectivity index (χ2v) is 4.73. The number of thiophene rings is 1. The average Bonchev–Trinajstić information content (AvgIpc) is 2.87. The largest absolute Gasteiger partial charge is 0.486 e. The number of hydrogen-bond donors (Lipinski definition) is 0. The third-order valence-corrected chi connectivity index (χ3v) is 3.62. The summed E-state index contributed by atoms with van der Waals surface area (Å²) in [5, 5.41) is 0. The van der Waals surface area contributed by atoms with Crippen LogP contribution in [0.4, 0.5) is 0 Å². The summed E-state index contributed by atoms with van der Waals surface area (Å²) in [6, 6.07) is 0. The van der Waals surface area contributed by atoms with Gasteiger partial charge >= 0.3 is 11.9 Å². The maximum absolute atomic E-state index is 11.8. The minimum Gasteiger partial charge on any atom is -0.486 e. The number of carbonyl (C=O) groups is 2. The Labute approximate surface area is 119 Å². The van der Waals surface area contributed by atoms with Gasteiger partial charge in [-0.1, -0.05) is 0 Å². The first-order valence-corrected chi connectivity index (χ1v) is 6.67. The van der Waals surface area contributed by atoms with Crippen LogP contribution in [0.2, 0.25) is 0 Å². The van der Waals surface area contributed by atoms with Gasteiger partial charge < -0.3 is 23.7 Å². The number of esters is 2. The molecule has 7 nitrogen and oxygen atoms in total. The van der Waals surface area contributed by atoms with E-state index in [-0.39, 0.29) is 34.5 Å². The van der Waals surface area contributed by atoms with Crippen LogP contribution < -0.4 is 9.47 Å². The van der Waals surface area contributed by atoms with Gasteiger partial charge in [-0.25, -0.2) is 9.59 Å². The molecule has 2 heterocycles. The first kappa shape index (κ1) is 14.6. The van der Waals surface area contributed by atoms with Gasteiger partial charge in [0.15, 0.2) is 21.3 Å². The summed E-state index contributed by atoms with van der Waals surface area (Å²) in [5.74, 6) is -0.782. The molecular formula is C12H14O7S. The Kier molecular flexibility index (Phi) is 4.80. The van der Waals surface area contributed by atoms with Crippen molar-refractivity contribution < 1.29 is 33.3 Å². The Morgan fingerprint density at radius 2 is 1.35 bits per heavy atom. The number of hydrogen-bond acceptors (Lipinski definition) is 8. The van der Waals surface area contributed by atoms with Crippen LogP contribution >= 0.6 is 11.3 Å². The van der Waals surface area contributed by atoms with E-state index in [9.17, 15) is 9.59 Å². The molecule has 1 aliphatic rings. The minimum atomic E-state index is -0.592. The highest BCUT2D eigenvalue weighted by Crippen LogP contribution is 2.43. The third kappa shape index (κ3) is 2.86. The summed E-state index contributed by atoms with van der Waals surface area (Å²) in [4.78, 5) is 23.9. The summed E-state index contributed by atoms with van der Waals surface area (Å²) >= 11 is 0.926. The molecule has 0 bridgehead atoms. The van der Waals surface area contributed by atoms with Gasteiger partial charge in [0.05, 0.1) is 27.4 Å². The topological polar surface area (TPSA) is 80.3 Å². The molecule has 0 saturated heterocycles. The fraction of sp³-hybridized carbons (Fsp3) is 0.500. The van der Waals surface area contributed by atoms with Gasteiger partial charge in [0.1, 0.15) is 13.2 Å². The molecule has 1 aromatic heterocycles. The molecule has 0 atom stereocenters. The Hall–Kier alpha value is -1.80. The molecular weight excluding hydrogens is 288 g/mol. The van der Waals surface area contributed by atoms with E-state index in [0.29, 0.717) is 13.2 Å². The van der Waals surface area contributed by atoms with Crippen molar-refractivity contribution in [1.29, 1.82) is 0 Å². The standard InChI is InChI=1S/C12H14O7S/c1-15-11(13)9-7-8(10(20-9)12(14)16-2)19-6-4-17-3-5-18-7/h3-6H2,1-2H3. The Morgan fingerprint density at radius 3 is 1.75 bits per heavy atom. The number of rotatable bonds is 2. The maximum Gasteiger partial charge on any atom is 0.352 e. The van der Waals surface area contributed by atoms with Gasteiger partial charge in [0, 0.05) is 0 Å². The Morgan fingerprint density at radius 1 is 0.900 bits per heavy atom. The van der Waals surface area contributed by atoms with Crippen LogP contribution in [-0.4, -0.2) is 52.6 Å². The van der Waals surface area contributed by atoms with Crippen molar-refractivity contribution in [3.8, 4) is 11.5 Å². The number of ether oxygens (including phenoxy) is 5. The predicted octanol–water partition coefficient (Wildman–Crippen LogP) is 1.11. The molecule has 0 amide bonds. The number of methoxy groups -OCH3 is 2. The summed E-state index contributed by atoms with van der Waals surface area (Å²) in [6.45, 7) is 1.23. The maximum atomic E-state index is 11.8. The molecule has 0 saturated carbocycles. The Balaban J connectivity index is 2.48. The molecule has 0 spiro atoms. The lowest BCUT2D eigenvalue weighted by molar-refractivity contribution is 0.0592. The predicted molar refractivity (Wildman–Crippen MR) is 68.8 cm³/mol. The molecule has 20 heavy (non-hydrogen) atoms. The molecule has 0 unspecified atom stereocenters. The van der Waals surface area contributed by atoms with Crippen LogP contribution in [0, 0.1) is 0 Å². The van der Waals surface area contributed by atoms with Crippen molar-refractivity contribution in [2.24, 2.45) is 0 Å². The van der Waals surface area contributed by atoms with Gasteiger partial charge in [-0.3, -0.25) is 0 Å². The smallest absolute Gasteiger partial charge is 0.352 e. The zero-order valence-electron chi connectivity index (χ0n) is 11.1. The van der Waals surface area contributed by atoms with E-state index >= 15 is 0 Å². The Bertz CT molecular complexity index is 466. The molecule has 0 N–H and O–H groups in total. The molecule has 110 valence electrons. The van der Waals surface area contributed by atoms with Gasteiger partial charge in [-0.05, 0) is 0 Å². The normalized spacial score (nSPS) is 14.7. The van der Waals surface area contributed by atoms with Gasteiger partial charge in [0.2, 0.25) is 0 Å². The number of fused-ring (bicyclic) bond motifs is 1. The highest BCUT2D eigenvalue weighted by molar-refractivity contribution is 7.16. The molecule has 0 radical (unpaired) electrons. The first-order chi connectivity index (χ1) is 9.69. The van der Waals surface area contributed by atoms with Crippen molar-refractivity contribution in [1.82, 2.24) is 0 Å². The van der Waals surface area contributed by atoms with Crippen molar-refractivity contribution in [3.05, 3.63) is 9.75 Å². The lowest BCUT2D eigenvalue weighted by atomic mass is 10.3. The first-order valence-electron chi connectivity index (χ1n) is 5.85. The highest BCUT2D eigenvalue weighted by atomic mass is 32.1. The summed E-state index contributed by atoms with van der Waals surface area (Å²) in [5.41, 5.74) is 0. The van der Waals surface area contributed by atoms with Crippen molar-refractivity contribution >= 4 is 23.3 Å². The summed E-state index contributed by atoms with van der Waals surface area (Å²) in [6.07, 6.45) is 0. The van der Waals surface area contributed by atoms with E-state index < -0.39 is 11.9 Å². The summed E-state index contributed by atoms with van der Waals surface area (Å²) in [7, 11) is 2.51. The summed E-state index contributed by atoms with van der Waals surface area (Å²) < 4.78 is 25.6. The van der Waals surface area contributed by atoms with E-state index in [1.807, 2.05) is 0 Å². The second kappa shape index (κ2) is 6.58. The average molecular weight is 302 g/mol. The molecule has 2 rings (SSSR count). The fourth-order valence-corrected chi connectivity index (χ4v) is 2.65. The van der Waals surface area contributed by atoms with Crippen LogP contribution in [0.3, 0.4) is 0 Å². The van der Waals surface area contributed by atoms with E-state index in [4.69, 9.17) is 14.2 Å². The van der Waals surface area contributed by atoms with Crippen molar-refractivity contribution in [2.45, 2.75) is 0 Å². The molecule has 8 heteroatoms. The molecule has 0 fully saturated rings. The van der Waals surface area contributed by atoms with E-state index in [1.165, 1.54) is 14.2 Å². The highest BCUT2D eigenvalue weighted by Gasteiger charge is 2.30. The van der Waals surface area contributed by atoms with E-state index in [2.05, 4.69) is 9.47 Å². The SMILES string of the molecule is COC(=O)c1sc(C(=O)OC)c2c1OCCOCCO2. The lowest BCUT2D eigenvalue weighted by Crippen LogP contribution is -2.10. The monoisotopic (exact) mass is 302 g/mol. The zero-order valence-corrected chi connectivity index (χ0v) is 11.9. The number of carbonyl (C=O) groups excluding carboxylic acids is 2. The van der Waals surface area contributed by atoms with E-state index in [1.54, 1.807) is 0 Å². The lowest BCUT2D eigenvalue weighted by Gasteiger charge is -2.08. The van der Waals surface area contributed by atoms with Crippen LogP contribution in [0.5, 0.6) is 11.5 Å². The molecule has 1 aliphatic heterocycles. The zero-order chi connectivity index (χ0) is 14.5. The van der Waals surface area contributed by atoms with Crippen LogP contribution in [-0.2, 0) is 14.2 Å². The van der Waals surface area contributed by atoms with Crippen LogP contribution in [0.15, 0.2) is 0 Å². The fourth-order valence-electron chi connectivity index (χ4n) is 1.62. The van der Waals surface area contributed by atoms with Crippen LogP contribution in [0.25, 0.3) is 0 Å². The van der Waals surface area contributed by atoms with Gasteiger partial charge in [-0.15, -0.1) is 11.3 Å². The van der Waals surface area contributed by atoms with Gasteiger partial charge in [0.25, 0.3) is 0 Å². The van der Waals surface area contributed by atoms with Crippen LogP contribution in [0.1, 0.15) is 19.3 Å². The van der Waals surface area contributed by atoms with E-state index in [0.717, 1.165) is 11.3 Å². The minimum absolute atomic E-state index is 0.171. The molecule has 0 aliphatic carbocycles. The second-order valence-electron chi connectivity index (χ2n) is 3.71. The van der Waals surface area contributed by atoms with Gasteiger partial charge in [-0.2, -0.15) is 0 Å². The molecule has 1 aromatic rings. The third-order valence-electron chi connectivity index (χ3n) is 2.51. The van der Waals surface area contributed by atoms with Crippen molar-refractivity contribution in [3.63, 3.8) is 0 Å². The van der Waals surface area contributed by atoms with Crippen molar-refractivity contribution in [2.75, 3.05) is 40.6 Å². The quantitative estimate of drug-likeness (QED) is 0.757.